The predicted molar refractivity (Wildman–Crippen MR) is 153 cm³/mol. The first-order valence-corrected chi connectivity index (χ1v) is 15.0. The van der Waals surface area contributed by atoms with Crippen LogP contribution in [0.25, 0.3) is 21.3 Å². The summed E-state index contributed by atoms with van der Waals surface area (Å²) in [6, 6.07) is 14.7. The van der Waals surface area contributed by atoms with Crippen molar-refractivity contribution >= 4 is 55.0 Å². The van der Waals surface area contributed by atoms with E-state index in [1.807, 2.05) is 30.3 Å². The highest BCUT2D eigenvalue weighted by atomic mass is 35.5. The largest absolute Gasteiger partial charge is 0.465 e. The van der Waals surface area contributed by atoms with Crippen LogP contribution in [0.1, 0.15) is 48.4 Å². The van der Waals surface area contributed by atoms with Crippen molar-refractivity contribution in [3.63, 3.8) is 0 Å². The Morgan fingerprint density at radius 2 is 2.05 bits per heavy atom. The molecular weight excluding hydrogens is 574 g/mol. The zero-order valence-electron chi connectivity index (χ0n) is 21.1. The van der Waals surface area contributed by atoms with Crippen molar-refractivity contribution in [3.8, 4) is 17.3 Å². The van der Waals surface area contributed by atoms with Crippen LogP contribution in [-0.4, -0.2) is 39.9 Å². The monoisotopic (exact) mass is 597 g/mol. The fraction of sp³-hybridized carbons (Fsp3) is 0.259. The summed E-state index contributed by atoms with van der Waals surface area (Å²) in [4.78, 5) is 20.7. The molecule has 1 fully saturated rings. The van der Waals surface area contributed by atoms with E-state index in [1.54, 1.807) is 25.3 Å². The Hall–Kier alpha value is -3.60. The van der Waals surface area contributed by atoms with Gasteiger partial charge in [0.1, 0.15) is 5.82 Å². The number of halogens is 1. The topological polar surface area (TPSA) is 165 Å². The second kappa shape index (κ2) is 10.8. The van der Waals surface area contributed by atoms with Crippen LogP contribution in [0.2, 0.25) is 5.02 Å². The summed E-state index contributed by atoms with van der Waals surface area (Å²) >= 11 is 7.82. The zero-order chi connectivity index (χ0) is 28.7. The average Bonchev–Trinajstić information content (AvgIpc) is 3.68. The number of fused-ring (bicyclic) bond motifs is 1. The molecule has 1 aliphatic carbocycles. The van der Waals surface area contributed by atoms with Crippen molar-refractivity contribution in [1.29, 1.82) is 5.26 Å². The van der Waals surface area contributed by atoms with Crippen molar-refractivity contribution in [3.05, 3.63) is 75.9 Å². The lowest BCUT2D eigenvalue weighted by Gasteiger charge is -2.20. The van der Waals surface area contributed by atoms with E-state index in [-0.39, 0.29) is 23.0 Å². The first kappa shape index (κ1) is 27.9. The fourth-order valence-corrected chi connectivity index (χ4v) is 7.37. The minimum absolute atomic E-state index is 0.00903. The number of carbonyl (C=O) groups is 1. The number of rotatable bonds is 9. The number of hydrogen-bond acceptors (Lipinski definition) is 8. The first-order chi connectivity index (χ1) is 19.0. The molecule has 2 atom stereocenters. The minimum atomic E-state index is -3.71. The Morgan fingerprint density at radius 1 is 1.27 bits per heavy atom. The highest BCUT2D eigenvalue weighted by molar-refractivity contribution is 7.90. The van der Waals surface area contributed by atoms with Gasteiger partial charge >= 0.3 is 6.09 Å². The lowest BCUT2D eigenvalue weighted by Crippen LogP contribution is -2.32. The third-order valence-electron chi connectivity index (χ3n) is 6.56. The number of anilines is 1. The van der Waals surface area contributed by atoms with E-state index < -0.39 is 33.0 Å². The van der Waals surface area contributed by atoms with Gasteiger partial charge in [-0.25, -0.2) is 22.9 Å². The van der Waals surface area contributed by atoms with Crippen LogP contribution >= 0.6 is 22.9 Å². The van der Waals surface area contributed by atoms with Gasteiger partial charge in [-0.1, -0.05) is 29.8 Å². The van der Waals surface area contributed by atoms with Crippen molar-refractivity contribution < 1.29 is 23.4 Å². The fourth-order valence-electron chi connectivity index (χ4n) is 4.32. The third-order valence-corrected chi connectivity index (χ3v) is 10.0. The molecule has 0 radical (unpaired) electrons. The van der Waals surface area contributed by atoms with E-state index >= 15 is 0 Å². The number of nitrogens with one attached hydrogen (secondary N) is 2. The van der Waals surface area contributed by atoms with Crippen molar-refractivity contribution in [2.45, 2.75) is 43.1 Å². The number of thiophene rings is 1. The molecule has 0 bridgehead atoms. The first-order valence-electron chi connectivity index (χ1n) is 12.2. The van der Waals surface area contributed by atoms with E-state index in [1.165, 1.54) is 23.5 Å². The summed E-state index contributed by atoms with van der Waals surface area (Å²) in [5.41, 5.74) is 0.686. The molecule has 0 spiro atoms. The molecule has 1 amide bonds. The van der Waals surface area contributed by atoms with Crippen LogP contribution in [-0.2, 0) is 15.6 Å². The molecule has 3 aromatic heterocycles. The molecule has 1 saturated carbocycles. The molecule has 1 aromatic carbocycles. The molecular formula is C27H24ClN5O5S2. The molecule has 5 rings (SSSR count). The second-order valence-corrected chi connectivity index (χ2v) is 13.2. The van der Waals surface area contributed by atoms with Gasteiger partial charge in [-0.15, -0.1) is 11.3 Å². The summed E-state index contributed by atoms with van der Waals surface area (Å²) < 4.78 is 29.7. The third kappa shape index (κ3) is 5.79. The number of benzene rings is 1. The molecule has 3 heterocycles. The SMILES string of the molecule is CC(O)(CC#N)c1ccnc(-c2cccc3cc(C(NS(=O)(=O)C4CC4)c4nc(NC(=O)O)ccc4Cl)sc23)c1. The van der Waals surface area contributed by atoms with Crippen LogP contribution < -0.4 is 10.0 Å². The van der Waals surface area contributed by atoms with Crippen LogP contribution in [0.5, 0.6) is 0 Å². The van der Waals surface area contributed by atoms with Crippen LogP contribution in [0, 0.1) is 11.3 Å². The molecule has 0 saturated heterocycles. The smallest absolute Gasteiger partial charge is 0.410 e. The lowest BCUT2D eigenvalue weighted by molar-refractivity contribution is 0.0624. The molecule has 4 aromatic rings. The molecule has 2 unspecified atom stereocenters. The quantitative estimate of drug-likeness (QED) is 0.199. The number of carboxylic acid groups (broad SMARTS) is 1. The zero-order valence-corrected chi connectivity index (χ0v) is 23.5. The normalized spacial score (nSPS) is 15.8. The molecule has 0 aliphatic heterocycles. The Bertz CT molecular complexity index is 1760. The average molecular weight is 598 g/mol. The number of pyridine rings is 2. The number of aliphatic hydroxyl groups is 1. The number of nitrogens with zero attached hydrogens (tertiary/aromatic N) is 3. The maximum Gasteiger partial charge on any atom is 0.410 e. The van der Waals surface area contributed by atoms with Gasteiger partial charge in [0.15, 0.2) is 0 Å². The van der Waals surface area contributed by atoms with Crippen molar-refractivity contribution in [2.24, 2.45) is 0 Å². The maximum absolute atomic E-state index is 13.1. The number of amides is 1. The van der Waals surface area contributed by atoms with E-state index in [0.29, 0.717) is 29.0 Å². The molecule has 10 nitrogen and oxygen atoms in total. The van der Waals surface area contributed by atoms with Gasteiger partial charge in [0.05, 0.1) is 45.8 Å². The minimum Gasteiger partial charge on any atom is -0.465 e. The Morgan fingerprint density at radius 3 is 2.75 bits per heavy atom. The summed E-state index contributed by atoms with van der Waals surface area (Å²) in [5.74, 6) is 0.00903. The van der Waals surface area contributed by atoms with Crippen LogP contribution in [0.3, 0.4) is 0 Å². The van der Waals surface area contributed by atoms with E-state index in [0.717, 1.165) is 15.6 Å². The van der Waals surface area contributed by atoms with Gasteiger partial charge in [0.25, 0.3) is 0 Å². The van der Waals surface area contributed by atoms with Crippen molar-refractivity contribution in [1.82, 2.24) is 14.7 Å². The number of aromatic nitrogens is 2. The molecule has 206 valence electrons. The van der Waals surface area contributed by atoms with Gasteiger partial charge < -0.3 is 10.2 Å². The van der Waals surface area contributed by atoms with Gasteiger partial charge in [-0.05, 0) is 61.0 Å². The number of sulfonamides is 1. The highest BCUT2D eigenvalue weighted by Crippen LogP contribution is 2.41. The van der Waals surface area contributed by atoms with Gasteiger partial charge in [0, 0.05) is 21.3 Å². The summed E-state index contributed by atoms with van der Waals surface area (Å²) in [5, 5.41) is 31.7. The van der Waals surface area contributed by atoms with Crippen LogP contribution in [0.4, 0.5) is 10.6 Å². The lowest BCUT2D eigenvalue weighted by atomic mass is 9.92. The molecule has 1 aliphatic rings. The highest BCUT2D eigenvalue weighted by Gasteiger charge is 2.39. The molecule has 40 heavy (non-hydrogen) atoms. The Labute approximate surface area is 239 Å². The van der Waals surface area contributed by atoms with E-state index in [9.17, 15) is 18.3 Å². The molecule has 13 heteroatoms. The Balaban J connectivity index is 1.63. The van der Waals surface area contributed by atoms with Gasteiger partial charge in [-0.3, -0.25) is 10.3 Å². The number of nitriles is 1. The van der Waals surface area contributed by atoms with Gasteiger partial charge in [-0.2, -0.15) is 5.26 Å². The number of hydrogen-bond donors (Lipinski definition) is 4. The summed E-state index contributed by atoms with van der Waals surface area (Å²) in [6.45, 7) is 1.57. The van der Waals surface area contributed by atoms with E-state index in [2.05, 4.69) is 20.0 Å². The summed E-state index contributed by atoms with van der Waals surface area (Å²) in [6.07, 6.45) is 1.28. The van der Waals surface area contributed by atoms with Crippen molar-refractivity contribution in [2.75, 3.05) is 5.32 Å². The van der Waals surface area contributed by atoms with Gasteiger partial charge in [0.2, 0.25) is 10.0 Å². The summed E-state index contributed by atoms with van der Waals surface area (Å²) in [7, 11) is -3.71. The standard InChI is InChI=1S/C27H24ClN5O5S2/c1-27(36,10-11-29)16-9-12-30-20(14-16)18-4-2-3-15-13-21(39-25(15)18)24(33-40(37,38)17-5-6-17)23-19(28)7-8-22(31-23)32-26(34)35/h2-4,7-9,12-14,17,24,33,36H,5-6,10H2,1H3,(H,31,32)(H,34,35). The second-order valence-electron chi connectivity index (χ2n) is 9.70. The predicted octanol–water partition coefficient (Wildman–Crippen LogP) is 5.39. The maximum atomic E-state index is 13.1. The Kier molecular flexibility index (Phi) is 7.52. The van der Waals surface area contributed by atoms with E-state index in [4.69, 9.17) is 22.0 Å². The molecule has 4 N–H and O–H groups in total. The van der Waals surface area contributed by atoms with Crippen LogP contribution in [0.15, 0.2) is 54.7 Å².